The Morgan fingerprint density at radius 2 is 2.29 bits per heavy atom. The van der Waals surface area contributed by atoms with Gasteiger partial charge in [0, 0.05) is 24.1 Å². The monoisotopic (exact) mass is 235 g/mol. The van der Waals surface area contributed by atoms with Crippen LogP contribution < -0.4 is 10.5 Å². The van der Waals surface area contributed by atoms with E-state index in [0.717, 1.165) is 18.4 Å². The molecule has 2 unspecified atom stereocenters. The van der Waals surface area contributed by atoms with Crippen LogP contribution in [-0.4, -0.2) is 5.60 Å². The third kappa shape index (κ3) is 1.64. The normalized spacial score (nSPS) is 35.7. The maximum atomic E-state index is 13.3. The van der Waals surface area contributed by atoms with Crippen LogP contribution in [0.1, 0.15) is 44.2 Å². The number of rotatable bonds is 0. The van der Waals surface area contributed by atoms with Crippen molar-refractivity contribution >= 4 is 0 Å². The smallest absolute Gasteiger partial charge is 0.127 e. The van der Waals surface area contributed by atoms with Crippen molar-refractivity contribution in [2.75, 3.05) is 0 Å². The summed E-state index contributed by atoms with van der Waals surface area (Å²) in [5.41, 5.74) is 7.00. The van der Waals surface area contributed by atoms with Crippen LogP contribution in [0.5, 0.6) is 5.75 Å². The average Bonchev–Trinajstić information content (AvgIpc) is 2.59. The lowest BCUT2D eigenvalue weighted by atomic mass is 9.81. The van der Waals surface area contributed by atoms with Crippen LogP contribution in [0.15, 0.2) is 18.2 Å². The van der Waals surface area contributed by atoms with Crippen molar-refractivity contribution in [1.82, 2.24) is 0 Å². The highest BCUT2D eigenvalue weighted by Gasteiger charge is 2.46. The van der Waals surface area contributed by atoms with E-state index in [-0.39, 0.29) is 17.5 Å². The zero-order valence-electron chi connectivity index (χ0n) is 10.1. The van der Waals surface area contributed by atoms with Gasteiger partial charge in [-0.15, -0.1) is 0 Å². The molecule has 17 heavy (non-hydrogen) atoms. The summed E-state index contributed by atoms with van der Waals surface area (Å²) in [4.78, 5) is 0. The molecule has 0 radical (unpaired) electrons. The van der Waals surface area contributed by atoms with Gasteiger partial charge in [-0.2, -0.15) is 0 Å². The Balaban J connectivity index is 2.02. The van der Waals surface area contributed by atoms with Crippen molar-refractivity contribution in [2.45, 2.75) is 44.2 Å². The molecule has 1 heterocycles. The summed E-state index contributed by atoms with van der Waals surface area (Å²) in [6.45, 7) is 2.21. The van der Waals surface area contributed by atoms with Crippen LogP contribution in [-0.2, 0) is 0 Å². The quantitative estimate of drug-likeness (QED) is 0.749. The number of ether oxygens (including phenoxy) is 1. The van der Waals surface area contributed by atoms with Crippen LogP contribution in [0, 0.1) is 11.7 Å². The summed E-state index contributed by atoms with van der Waals surface area (Å²) in [5.74, 6) is 0.904. The van der Waals surface area contributed by atoms with E-state index >= 15 is 0 Å². The Bertz CT molecular complexity index is 448. The molecule has 92 valence electrons. The Kier molecular flexibility index (Phi) is 2.40. The molecule has 3 atom stereocenters. The Labute approximate surface area is 101 Å². The van der Waals surface area contributed by atoms with Crippen LogP contribution >= 0.6 is 0 Å². The van der Waals surface area contributed by atoms with Gasteiger partial charge in [0.25, 0.3) is 0 Å². The van der Waals surface area contributed by atoms with Crippen molar-refractivity contribution in [3.05, 3.63) is 29.6 Å². The molecular weight excluding hydrogens is 217 g/mol. The first-order valence-electron chi connectivity index (χ1n) is 6.35. The van der Waals surface area contributed by atoms with Crippen LogP contribution in [0.25, 0.3) is 0 Å². The lowest BCUT2D eigenvalue weighted by Crippen LogP contribution is -2.45. The standard InChI is InChI=1S/C14H18FNO/c1-9-3-2-6-14(9)8-12(16)11-5-4-10(15)7-13(11)17-14/h4-5,7,9,12H,2-3,6,8,16H2,1H3/t9?,12-,14?/m0/s1. The van der Waals surface area contributed by atoms with Crippen LogP contribution in [0.3, 0.4) is 0 Å². The fraction of sp³-hybridized carbons (Fsp3) is 0.571. The highest BCUT2D eigenvalue weighted by Crippen LogP contribution is 2.49. The van der Waals surface area contributed by atoms with Crippen LogP contribution in [0.2, 0.25) is 0 Å². The third-order valence-electron chi connectivity index (χ3n) is 4.39. The first-order valence-corrected chi connectivity index (χ1v) is 6.35. The van der Waals surface area contributed by atoms with Gasteiger partial charge in [0.1, 0.15) is 17.2 Å². The number of halogens is 1. The van der Waals surface area contributed by atoms with E-state index in [1.165, 1.54) is 25.0 Å². The molecule has 0 bridgehead atoms. The van der Waals surface area contributed by atoms with Crippen molar-refractivity contribution in [3.8, 4) is 5.75 Å². The molecule has 2 N–H and O–H groups in total. The minimum atomic E-state index is -0.251. The van der Waals surface area contributed by atoms with E-state index in [9.17, 15) is 4.39 Å². The molecule has 2 aliphatic rings. The zero-order chi connectivity index (χ0) is 12.0. The number of hydrogen-bond donors (Lipinski definition) is 1. The third-order valence-corrected chi connectivity index (χ3v) is 4.39. The number of fused-ring (bicyclic) bond motifs is 1. The van der Waals surface area contributed by atoms with E-state index < -0.39 is 0 Å². The highest BCUT2D eigenvalue weighted by atomic mass is 19.1. The Hall–Kier alpha value is -1.09. The zero-order valence-corrected chi connectivity index (χ0v) is 10.1. The predicted octanol–water partition coefficient (Wildman–Crippen LogP) is 3.17. The predicted molar refractivity (Wildman–Crippen MR) is 64.3 cm³/mol. The summed E-state index contributed by atoms with van der Waals surface area (Å²) in [6.07, 6.45) is 4.25. The second kappa shape index (κ2) is 3.70. The molecule has 0 amide bonds. The molecule has 2 nitrogen and oxygen atoms in total. The van der Waals surface area contributed by atoms with E-state index in [4.69, 9.17) is 10.5 Å². The molecule has 1 spiro atoms. The Morgan fingerprint density at radius 3 is 3.00 bits per heavy atom. The molecule has 3 rings (SSSR count). The first-order chi connectivity index (χ1) is 8.11. The molecule has 0 saturated heterocycles. The molecule has 1 saturated carbocycles. The van der Waals surface area contributed by atoms with Gasteiger partial charge in [0.15, 0.2) is 0 Å². The fourth-order valence-electron chi connectivity index (χ4n) is 3.32. The molecule has 1 fully saturated rings. The molecule has 1 aromatic carbocycles. The first kappa shape index (κ1) is 11.0. The average molecular weight is 235 g/mol. The highest BCUT2D eigenvalue weighted by molar-refractivity contribution is 5.39. The van der Waals surface area contributed by atoms with Gasteiger partial charge in [0.05, 0.1) is 0 Å². The van der Waals surface area contributed by atoms with Crippen LogP contribution in [0.4, 0.5) is 4.39 Å². The van der Waals surface area contributed by atoms with Gasteiger partial charge in [-0.1, -0.05) is 13.0 Å². The number of hydrogen-bond acceptors (Lipinski definition) is 2. The van der Waals surface area contributed by atoms with Crippen molar-refractivity contribution in [2.24, 2.45) is 11.7 Å². The molecule has 1 aliphatic heterocycles. The fourth-order valence-corrected chi connectivity index (χ4v) is 3.32. The lowest BCUT2D eigenvalue weighted by molar-refractivity contribution is 0.00637. The van der Waals surface area contributed by atoms with Gasteiger partial charge < -0.3 is 10.5 Å². The summed E-state index contributed by atoms with van der Waals surface area (Å²) in [6, 6.07) is 4.65. The summed E-state index contributed by atoms with van der Waals surface area (Å²) >= 11 is 0. The number of nitrogens with two attached hydrogens (primary N) is 1. The minimum Gasteiger partial charge on any atom is -0.486 e. The van der Waals surface area contributed by atoms with E-state index in [2.05, 4.69) is 6.92 Å². The summed E-state index contributed by atoms with van der Waals surface area (Å²) in [5, 5.41) is 0. The molecule has 1 aliphatic carbocycles. The van der Waals surface area contributed by atoms with Gasteiger partial charge in [-0.3, -0.25) is 0 Å². The molecular formula is C14H18FNO. The van der Waals surface area contributed by atoms with Crippen molar-refractivity contribution < 1.29 is 9.13 Å². The largest absolute Gasteiger partial charge is 0.486 e. The summed E-state index contributed by atoms with van der Waals surface area (Å²) < 4.78 is 19.4. The Morgan fingerprint density at radius 1 is 1.47 bits per heavy atom. The van der Waals surface area contributed by atoms with E-state index in [0.29, 0.717) is 11.7 Å². The molecule has 3 heteroatoms. The van der Waals surface area contributed by atoms with E-state index in [1.807, 2.05) is 0 Å². The second-order valence-electron chi connectivity index (χ2n) is 5.45. The maximum absolute atomic E-state index is 13.3. The maximum Gasteiger partial charge on any atom is 0.127 e. The minimum absolute atomic E-state index is 0.0279. The topological polar surface area (TPSA) is 35.2 Å². The second-order valence-corrected chi connectivity index (χ2v) is 5.45. The lowest BCUT2D eigenvalue weighted by Gasteiger charge is -2.41. The molecule has 1 aromatic rings. The van der Waals surface area contributed by atoms with Crippen molar-refractivity contribution in [1.29, 1.82) is 0 Å². The molecule has 0 aromatic heterocycles. The van der Waals surface area contributed by atoms with Crippen molar-refractivity contribution in [3.63, 3.8) is 0 Å². The summed E-state index contributed by atoms with van der Waals surface area (Å²) in [7, 11) is 0. The van der Waals surface area contributed by atoms with Gasteiger partial charge >= 0.3 is 0 Å². The van der Waals surface area contributed by atoms with E-state index in [1.54, 1.807) is 6.07 Å². The van der Waals surface area contributed by atoms with Gasteiger partial charge in [-0.25, -0.2) is 4.39 Å². The van der Waals surface area contributed by atoms with Gasteiger partial charge in [0.2, 0.25) is 0 Å². The number of benzene rings is 1. The SMILES string of the molecule is CC1CCCC12C[C@H](N)c1ccc(F)cc1O2. The van der Waals surface area contributed by atoms with Gasteiger partial charge in [-0.05, 0) is 31.2 Å².